The molecule has 1 saturated heterocycles. The van der Waals surface area contributed by atoms with Gasteiger partial charge in [-0.3, -0.25) is 4.79 Å². The summed E-state index contributed by atoms with van der Waals surface area (Å²) >= 11 is 0. The van der Waals surface area contributed by atoms with Gasteiger partial charge in [0.2, 0.25) is 0 Å². The molecule has 2 nitrogen and oxygen atoms in total. The zero-order valence-electron chi connectivity index (χ0n) is 11.3. The Balaban J connectivity index is 1.90. The molecular formula is C16H23NO. The molecule has 98 valence electrons. The highest BCUT2D eigenvalue weighted by Crippen LogP contribution is 2.14. The highest BCUT2D eigenvalue weighted by Gasteiger charge is 2.19. The van der Waals surface area contributed by atoms with Gasteiger partial charge in [-0.1, -0.05) is 50.1 Å². The summed E-state index contributed by atoms with van der Waals surface area (Å²) in [6.45, 7) is 5.28. The first-order valence-corrected chi connectivity index (χ1v) is 7.09. The number of carbonyl (C=O) groups excluding carboxylic acids is 1. The van der Waals surface area contributed by atoms with Crippen molar-refractivity contribution in [1.29, 1.82) is 0 Å². The quantitative estimate of drug-likeness (QED) is 0.758. The summed E-state index contributed by atoms with van der Waals surface area (Å²) in [5, 5.41) is 0. The van der Waals surface area contributed by atoms with E-state index in [2.05, 4.69) is 11.8 Å². The van der Waals surface area contributed by atoms with E-state index in [1.54, 1.807) is 0 Å². The highest BCUT2D eigenvalue weighted by molar-refractivity contribution is 5.97. The summed E-state index contributed by atoms with van der Waals surface area (Å²) in [6, 6.07) is 9.66. The zero-order chi connectivity index (χ0) is 12.8. The van der Waals surface area contributed by atoms with Crippen LogP contribution in [0.2, 0.25) is 0 Å². The van der Waals surface area contributed by atoms with Gasteiger partial charge in [-0.25, -0.2) is 0 Å². The van der Waals surface area contributed by atoms with E-state index in [0.717, 1.165) is 25.2 Å². The molecule has 0 bridgehead atoms. The predicted octanol–water partition coefficient (Wildman–Crippen LogP) is 3.38. The van der Waals surface area contributed by atoms with Crippen molar-refractivity contribution in [2.24, 2.45) is 5.92 Å². The van der Waals surface area contributed by atoms with Crippen LogP contribution in [0.15, 0.2) is 30.3 Å². The number of carbonyl (C=O) groups is 1. The van der Waals surface area contributed by atoms with Crippen LogP contribution in [-0.4, -0.2) is 30.3 Å². The Labute approximate surface area is 110 Å². The van der Waals surface area contributed by atoms with Gasteiger partial charge in [0, 0.05) is 18.0 Å². The van der Waals surface area contributed by atoms with Crippen LogP contribution >= 0.6 is 0 Å². The summed E-state index contributed by atoms with van der Waals surface area (Å²) in [5.41, 5.74) is 0.847. The molecule has 18 heavy (non-hydrogen) atoms. The average Bonchev–Trinajstić information content (AvgIpc) is 2.67. The Bertz CT molecular complexity index is 366. The maximum Gasteiger partial charge on any atom is 0.166 e. The first-order chi connectivity index (χ1) is 8.77. The molecule has 0 amide bonds. The second-order valence-electron chi connectivity index (χ2n) is 5.35. The van der Waals surface area contributed by atoms with E-state index >= 15 is 0 Å². The molecular weight excluding hydrogens is 222 g/mol. The van der Waals surface area contributed by atoms with E-state index in [0.29, 0.717) is 0 Å². The van der Waals surface area contributed by atoms with Crippen molar-refractivity contribution in [1.82, 2.24) is 4.90 Å². The molecule has 1 atom stereocenters. The number of nitrogens with zero attached hydrogens (tertiary/aromatic N) is 1. The zero-order valence-corrected chi connectivity index (χ0v) is 11.3. The molecule has 1 aliphatic heterocycles. The van der Waals surface area contributed by atoms with Crippen LogP contribution in [0, 0.1) is 5.92 Å². The lowest BCUT2D eigenvalue weighted by atomic mass is 9.99. The minimum absolute atomic E-state index is 0.102. The second-order valence-corrected chi connectivity index (χ2v) is 5.35. The van der Waals surface area contributed by atoms with Gasteiger partial charge < -0.3 is 4.90 Å². The fourth-order valence-electron chi connectivity index (χ4n) is 2.68. The van der Waals surface area contributed by atoms with E-state index in [9.17, 15) is 4.79 Å². The number of likely N-dealkylation sites (tertiary alicyclic amines) is 1. The third-order valence-electron chi connectivity index (χ3n) is 3.74. The van der Waals surface area contributed by atoms with Gasteiger partial charge in [-0.2, -0.15) is 0 Å². The van der Waals surface area contributed by atoms with Crippen LogP contribution in [0.5, 0.6) is 0 Å². The molecule has 1 aromatic rings. The van der Waals surface area contributed by atoms with Crippen molar-refractivity contribution in [2.45, 2.75) is 32.6 Å². The normalized spacial score (nSPS) is 19.2. The SMILES string of the molecule is C[C@@H](CN1CCCCCC1)C(=O)c1ccccc1. The lowest BCUT2D eigenvalue weighted by molar-refractivity contribution is 0.0895. The fourth-order valence-corrected chi connectivity index (χ4v) is 2.68. The molecule has 0 N–H and O–H groups in total. The first-order valence-electron chi connectivity index (χ1n) is 7.09. The third-order valence-corrected chi connectivity index (χ3v) is 3.74. The molecule has 0 aromatic heterocycles. The maximum atomic E-state index is 12.3. The summed E-state index contributed by atoms with van der Waals surface area (Å²) in [5.74, 6) is 0.380. The average molecular weight is 245 g/mol. The van der Waals surface area contributed by atoms with E-state index in [1.165, 1.54) is 25.7 Å². The maximum absolute atomic E-state index is 12.3. The minimum atomic E-state index is 0.102. The summed E-state index contributed by atoms with van der Waals surface area (Å²) in [7, 11) is 0. The number of ketones is 1. The predicted molar refractivity (Wildman–Crippen MR) is 74.8 cm³/mol. The Morgan fingerprint density at radius 1 is 1.11 bits per heavy atom. The van der Waals surface area contributed by atoms with Gasteiger partial charge in [0.15, 0.2) is 5.78 Å². The van der Waals surface area contributed by atoms with E-state index < -0.39 is 0 Å². The first kappa shape index (κ1) is 13.3. The highest BCUT2D eigenvalue weighted by atomic mass is 16.1. The van der Waals surface area contributed by atoms with Crippen molar-refractivity contribution >= 4 is 5.78 Å². The second kappa shape index (κ2) is 6.69. The van der Waals surface area contributed by atoms with Crippen molar-refractivity contribution in [3.05, 3.63) is 35.9 Å². The summed E-state index contributed by atoms with van der Waals surface area (Å²) in [6.07, 6.45) is 5.26. The van der Waals surface area contributed by atoms with Crippen LogP contribution in [0.3, 0.4) is 0 Å². The molecule has 1 heterocycles. The number of Topliss-reactive ketones (excluding diaryl/α,β-unsaturated/α-hetero) is 1. The Morgan fingerprint density at radius 2 is 1.72 bits per heavy atom. The summed E-state index contributed by atoms with van der Waals surface area (Å²) < 4.78 is 0. The number of hydrogen-bond acceptors (Lipinski definition) is 2. The number of benzene rings is 1. The molecule has 2 rings (SSSR count). The molecule has 0 radical (unpaired) electrons. The lowest BCUT2D eigenvalue weighted by Gasteiger charge is -2.23. The number of rotatable bonds is 4. The van der Waals surface area contributed by atoms with Crippen molar-refractivity contribution in [3.63, 3.8) is 0 Å². The van der Waals surface area contributed by atoms with Gasteiger partial charge in [-0.15, -0.1) is 0 Å². The van der Waals surface area contributed by atoms with Gasteiger partial charge in [0.1, 0.15) is 0 Å². The van der Waals surface area contributed by atoms with Gasteiger partial charge in [0.25, 0.3) is 0 Å². The molecule has 0 spiro atoms. The van der Waals surface area contributed by atoms with Crippen molar-refractivity contribution in [2.75, 3.05) is 19.6 Å². The van der Waals surface area contributed by atoms with Crippen LogP contribution in [0.1, 0.15) is 43.0 Å². The molecule has 1 aliphatic rings. The molecule has 1 aromatic carbocycles. The van der Waals surface area contributed by atoms with E-state index in [4.69, 9.17) is 0 Å². The van der Waals surface area contributed by atoms with E-state index in [1.807, 2.05) is 30.3 Å². The fraction of sp³-hybridized carbons (Fsp3) is 0.562. The van der Waals surface area contributed by atoms with Gasteiger partial charge >= 0.3 is 0 Å². The van der Waals surface area contributed by atoms with Gasteiger partial charge in [-0.05, 0) is 25.9 Å². The lowest BCUT2D eigenvalue weighted by Crippen LogP contribution is -2.32. The molecule has 2 heteroatoms. The standard InChI is InChI=1S/C16H23NO/c1-14(13-17-11-7-2-3-8-12-17)16(18)15-9-5-4-6-10-15/h4-6,9-10,14H,2-3,7-8,11-13H2,1H3/t14-/m0/s1. The van der Waals surface area contributed by atoms with Crippen LogP contribution < -0.4 is 0 Å². The minimum Gasteiger partial charge on any atom is -0.303 e. The molecule has 0 aliphatic carbocycles. The van der Waals surface area contributed by atoms with Crippen molar-refractivity contribution < 1.29 is 4.79 Å². The molecule has 1 fully saturated rings. The van der Waals surface area contributed by atoms with Crippen LogP contribution in [0.25, 0.3) is 0 Å². The monoisotopic (exact) mass is 245 g/mol. The van der Waals surface area contributed by atoms with Crippen LogP contribution in [0.4, 0.5) is 0 Å². The van der Waals surface area contributed by atoms with Gasteiger partial charge in [0.05, 0.1) is 0 Å². The molecule has 0 saturated carbocycles. The smallest absolute Gasteiger partial charge is 0.166 e. The Kier molecular flexibility index (Phi) is 4.94. The topological polar surface area (TPSA) is 20.3 Å². The van der Waals surface area contributed by atoms with Crippen molar-refractivity contribution in [3.8, 4) is 0 Å². The van der Waals surface area contributed by atoms with Crippen LogP contribution in [-0.2, 0) is 0 Å². The largest absolute Gasteiger partial charge is 0.303 e. The summed E-state index contributed by atoms with van der Waals surface area (Å²) in [4.78, 5) is 14.7. The van der Waals surface area contributed by atoms with E-state index in [-0.39, 0.29) is 11.7 Å². The Morgan fingerprint density at radius 3 is 2.33 bits per heavy atom. The number of hydrogen-bond donors (Lipinski definition) is 0. The Hall–Kier alpha value is -1.15. The molecule has 0 unspecified atom stereocenters. The third kappa shape index (κ3) is 3.67.